The van der Waals surface area contributed by atoms with Crippen LogP contribution in [0.3, 0.4) is 0 Å². The summed E-state index contributed by atoms with van der Waals surface area (Å²) in [7, 11) is 0. The van der Waals surface area contributed by atoms with Crippen molar-refractivity contribution in [1.82, 2.24) is 19.9 Å². The van der Waals surface area contributed by atoms with E-state index in [4.69, 9.17) is 26.1 Å². The van der Waals surface area contributed by atoms with Crippen molar-refractivity contribution in [3.63, 3.8) is 0 Å². The molecule has 0 unspecified atom stereocenters. The molecule has 3 saturated heterocycles. The second-order valence-electron chi connectivity index (χ2n) is 11.9. The summed E-state index contributed by atoms with van der Waals surface area (Å²) < 4.78 is 43.5. The summed E-state index contributed by atoms with van der Waals surface area (Å²) in [6.07, 6.45) is 3.49. The molecule has 12 heteroatoms. The lowest BCUT2D eigenvalue weighted by atomic mass is 9.95. The molecule has 5 aliphatic rings. The number of hydrogen-bond acceptors (Lipinski definition) is 9. The summed E-state index contributed by atoms with van der Waals surface area (Å²) in [6, 6.07) is 5.36. The van der Waals surface area contributed by atoms with E-state index in [2.05, 4.69) is 19.8 Å². The summed E-state index contributed by atoms with van der Waals surface area (Å²) >= 11 is 6.53. The third-order valence-corrected chi connectivity index (χ3v) is 9.80. The Hall–Kier alpha value is -3.02. The monoisotopic (exact) mass is 584 g/mol. The normalized spacial score (nSPS) is 28.8. The number of aliphatic hydroxyl groups is 1. The number of benzene rings is 1. The standard InChI is InChI=1S/C29H31ClF2N6O3/c30-19-7-3-6-18-20(39)13-38(24(18)19)26-22(32)23-21-25(37-10-2-1-5-17(37)14-40-27(21)34-26)35-28(33-23)41-15-29-8-4-9-36(29)12-16(31)11-29/h3,6-7,16-17,20,39H,1-2,4-5,8-15H2/t16-,17+,20-,29+/m1/s1. The van der Waals surface area contributed by atoms with E-state index in [0.717, 1.165) is 45.2 Å². The molecule has 7 heterocycles. The van der Waals surface area contributed by atoms with Crippen molar-refractivity contribution in [2.24, 2.45) is 0 Å². The summed E-state index contributed by atoms with van der Waals surface area (Å²) in [5.74, 6) is 0.113. The van der Waals surface area contributed by atoms with Crippen molar-refractivity contribution in [1.29, 1.82) is 0 Å². The van der Waals surface area contributed by atoms with E-state index in [0.29, 0.717) is 47.1 Å². The van der Waals surface area contributed by atoms with Crippen molar-refractivity contribution in [2.45, 2.75) is 62.4 Å². The molecule has 0 amide bonds. The number of rotatable bonds is 4. The van der Waals surface area contributed by atoms with E-state index in [1.54, 1.807) is 23.1 Å². The number of ether oxygens (including phenoxy) is 2. The van der Waals surface area contributed by atoms with Crippen LogP contribution in [0, 0.1) is 5.82 Å². The first-order chi connectivity index (χ1) is 19.9. The summed E-state index contributed by atoms with van der Waals surface area (Å²) in [4.78, 5) is 20.0. The van der Waals surface area contributed by atoms with Crippen LogP contribution in [0.4, 0.5) is 26.1 Å². The first kappa shape index (κ1) is 25.7. The molecule has 41 heavy (non-hydrogen) atoms. The maximum atomic E-state index is 16.6. The van der Waals surface area contributed by atoms with Crippen LogP contribution in [-0.2, 0) is 0 Å². The molecule has 1 aromatic carbocycles. The fraction of sp³-hybridized carbons (Fsp3) is 0.552. The number of pyridine rings is 1. The van der Waals surface area contributed by atoms with Crippen molar-refractivity contribution in [3.8, 4) is 11.9 Å². The number of aromatic nitrogens is 3. The second kappa shape index (κ2) is 9.50. The molecule has 0 spiro atoms. The molecule has 0 radical (unpaired) electrons. The highest BCUT2D eigenvalue weighted by molar-refractivity contribution is 6.33. The Morgan fingerprint density at radius 2 is 2.02 bits per heavy atom. The predicted octanol–water partition coefficient (Wildman–Crippen LogP) is 4.71. The van der Waals surface area contributed by atoms with Gasteiger partial charge in [-0.25, -0.2) is 8.78 Å². The molecule has 2 aromatic heterocycles. The van der Waals surface area contributed by atoms with Gasteiger partial charge in [-0.05, 0) is 44.7 Å². The first-order valence-electron chi connectivity index (χ1n) is 14.5. The highest BCUT2D eigenvalue weighted by Crippen LogP contribution is 2.48. The Morgan fingerprint density at radius 1 is 1.12 bits per heavy atom. The molecule has 1 N–H and O–H groups in total. The van der Waals surface area contributed by atoms with E-state index in [-0.39, 0.29) is 48.0 Å². The minimum absolute atomic E-state index is 0.0227. The van der Waals surface area contributed by atoms with E-state index in [1.165, 1.54) is 0 Å². The smallest absolute Gasteiger partial charge is 0.319 e. The fourth-order valence-corrected chi connectivity index (χ4v) is 7.85. The summed E-state index contributed by atoms with van der Waals surface area (Å²) in [5, 5.41) is 11.6. The Morgan fingerprint density at radius 3 is 2.93 bits per heavy atom. The van der Waals surface area contributed by atoms with Crippen molar-refractivity contribution < 1.29 is 23.4 Å². The van der Waals surface area contributed by atoms with Crippen LogP contribution >= 0.6 is 11.6 Å². The zero-order chi connectivity index (χ0) is 27.9. The van der Waals surface area contributed by atoms with Gasteiger partial charge in [-0.2, -0.15) is 15.0 Å². The van der Waals surface area contributed by atoms with Crippen LogP contribution in [0.25, 0.3) is 10.9 Å². The van der Waals surface area contributed by atoms with Gasteiger partial charge >= 0.3 is 6.01 Å². The molecule has 3 aromatic rings. The number of piperidine rings is 1. The average Bonchev–Trinajstić information content (AvgIpc) is 3.58. The number of hydrogen-bond donors (Lipinski definition) is 1. The number of aliphatic hydroxyl groups excluding tert-OH is 1. The van der Waals surface area contributed by atoms with Crippen molar-refractivity contribution in [2.75, 3.05) is 49.2 Å². The van der Waals surface area contributed by atoms with Gasteiger partial charge in [-0.15, -0.1) is 0 Å². The Labute approximate surface area is 241 Å². The average molecular weight is 585 g/mol. The lowest BCUT2D eigenvalue weighted by molar-refractivity contribution is 0.107. The third kappa shape index (κ3) is 3.95. The summed E-state index contributed by atoms with van der Waals surface area (Å²) in [6.45, 7) is 2.73. The maximum absolute atomic E-state index is 16.6. The molecule has 5 aliphatic heterocycles. The number of para-hydroxylation sites is 1. The van der Waals surface area contributed by atoms with Crippen LogP contribution < -0.4 is 19.3 Å². The summed E-state index contributed by atoms with van der Waals surface area (Å²) in [5.41, 5.74) is 0.779. The topological polar surface area (TPSA) is 87.1 Å². The van der Waals surface area contributed by atoms with Crippen LogP contribution in [0.5, 0.6) is 11.9 Å². The molecular weight excluding hydrogens is 554 g/mol. The van der Waals surface area contributed by atoms with Crippen LogP contribution in [-0.4, -0.2) is 82.1 Å². The number of halogens is 3. The van der Waals surface area contributed by atoms with Crippen LogP contribution in [0.2, 0.25) is 5.02 Å². The maximum Gasteiger partial charge on any atom is 0.319 e. The van der Waals surface area contributed by atoms with Gasteiger partial charge in [0.15, 0.2) is 11.6 Å². The Kier molecular flexibility index (Phi) is 5.95. The van der Waals surface area contributed by atoms with Gasteiger partial charge in [0.25, 0.3) is 0 Å². The third-order valence-electron chi connectivity index (χ3n) is 9.50. The van der Waals surface area contributed by atoms with Crippen LogP contribution in [0.1, 0.15) is 50.2 Å². The molecule has 3 fully saturated rings. The van der Waals surface area contributed by atoms with E-state index >= 15 is 4.39 Å². The van der Waals surface area contributed by atoms with Gasteiger partial charge in [0.2, 0.25) is 5.88 Å². The molecule has 0 saturated carbocycles. The first-order valence-corrected chi connectivity index (χ1v) is 14.9. The van der Waals surface area contributed by atoms with E-state index < -0.39 is 18.1 Å². The number of fused-ring (bicyclic) bond motifs is 4. The SMILES string of the molecule is O[C@@H]1CN(c2nc3c4c(nc(OC[C@@]56CCCN5C[C@H](F)C6)nc4c2F)N2CCCC[C@H]2CO3)c2c(Cl)cccc21. The molecule has 8 rings (SSSR count). The van der Waals surface area contributed by atoms with Gasteiger partial charge in [-0.1, -0.05) is 23.7 Å². The molecule has 216 valence electrons. The minimum atomic E-state index is -0.883. The lowest BCUT2D eigenvalue weighted by Gasteiger charge is -2.35. The Bertz CT molecular complexity index is 1550. The van der Waals surface area contributed by atoms with E-state index in [9.17, 15) is 9.50 Å². The minimum Gasteiger partial charge on any atom is -0.475 e. The van der Waals surface area contributed by atoms with Gasteiger partial charge in [-0.3, -0.25) is 4.90 Å². The quantitative estimate of drug-likeness (QED) is 0.468. The van der Waals surface area contributed by atoms with Crippen LogP contribution in [0.15, 0.2) is 18.2 Å². The Balaban J connectivity index is 1.26. The highest BCUT2D eigenvalue weighted by Gasteiger charge is 2.49. The lowest BCUT2D eigenvalue weighted by Crippen LogP contribution is -2.44. The second-order valence-corrected chi connectivity index (χ2v) is 12.3. The molecule has 4 atom stereocenters. The van der Waals surface area contributed by atoms with Crippen molar-refractivity contribution >= 4 is 39.8 Å². The fourth-order valence-electron chi connectivity index (χ4n) is 7.56. The zero-order valence-electron chi connectivity index (χ0n) is 22.5. The number of anilines is 3. The van der Waals surface area contributed by atoms with Gasteiger partial charge in [0, 0.05) is 25.1 Å². The van der Waals surface area contributed by atoms with E-state index in [1.807, 2.05) is 0 Å². The van der Waals surface area contributed by atoms with Gasteiger partial charge < -0.3 is 24.4 Å². The number of nitrogens with zero attached hydrogens (tertiary/aromatic N) is 6. The molecular formula is C29H31ClF2N6O3. The zero-order valence-corrected chi connectivity index (χ0v) is 23.3. The molecule has 0 bridgehead atoms. The number of alkyl halides is 1. The highest BCUT2D eigenvalue weighted by atomic mass is 35.5. The predicted molar refractivity (Wildman–Crippen MR) is 150 cm³/mol. The van der Waals surface area contributed by atoms with Gasteiger partial charge in [0.1, 0.15) is 36.1 Å². The largest absolute Gasteiger partial charge is 0.475 e. The van der Waals surface area contributed by atoms with Gasteiger partial charge in [0.05, 0.1) is 34.9 Å². The molecule has 9 nitrogen and oxygen atoms in total. The number of β-amino-alcohol motifs (C(OH)–C–C–N with tert-alkyl or cyclic N) is 1. The van der Waals surface area contributed by atoms with Crippen molar-refractivity contribution in [3.05, 3.63) is 34.6 Å². The molecule has 0 aliphatic carbocycles.